The fourth-order valence-corrected chi connectivity index (χ4v) is 3.98. The molecule has 1 aromatic carbocycles. The molecule has 1 N–H and O–H groups in total. The van der Waals surface area contributed by atoms with Crippen molar-refractivity contribution < 1.29 is 22.7 Å². The number of ether oxygens (including phenoxy) is 1. The molecule has 6 nitrogen and oxygen atoms in total. The summed E-state index contributed by atoms with van der Waals surface area (Å²) in [5.41, 5.74) is 0.457. The van der Waals surface area contributed by atoms with Gasteiger partial charge in [-0.25, -0.2) is 13.2 Å². The lowest BCUT2D eigenvalue weighted by atomic mass is 10.0. The lowest BCUT2D eigenvalue weighted by Crippen LogP contribution is -2.33. The maximum absolute atomic E-state index is 12.0. The maximum Gasteiger partial charge on any atom is 0.330 e. The Balaban J connectivity index is 2.24. The second kappa shape index (κ2) is 6.50. The van der Waals surface area contributed by atoms with Gasteiger partial charge in [0.25, 0.3) is 0 Å². The van der Waals surface area contributed by atoms with E-state index in [2.05, 4.69) is 10.1 Å². The second-order valence-electron chi connectivity index (χ2n) is 4.71. The van der Waals surface area contributed by atoms with Gasteiger partial charge in [-0.15, -0.1) is 0 Å². The third-order valence-electron chi connectivity index (χ3n) is 3.25. The minimum absolute atomic E-state index is 0.0622. The van der Waals surface area contributed by atoms with Crippen LogP contribution in [0.4, 0.5) is 0 Å². The van der Waals surface area contributed by atoms with Crippen molar-refractivity contribution in [3.8, 4) is 0 Å². The van der Waals surface area contributed by atoms with E-state index in [4.69, 9.17) is 11.6 Å². The zero-order valence-corrected chi connectivity index (χ0v) is 13.3. The van der Waals surface area contributed by atoms with E-state index in [0.29, 0.717) is 10.6 Å². The Morgan fingerprint density at radius 1 is 1.36 bits per heavy atom. The Kier molecular flexibility index (Phi) is 4.87. The van der Waals surface area contributed by atoms with Gasteiger partial charge in [0, 0.05) is 17.2 Å². The zero-order valence-electron chi connectivity index (χ0n) is 11.7. The van der Waals surface area contributed by atoms with Crippen LogP contribution in [0.25, 0.3) is 0 Å². The summed E-state index contributed by atoms with van der Waals surface area (Å²) in [5, 5.41) is 3.05. The van der Waals surface area contributed by atoms with Crippen molar-refractivity contribution in [3.63, 3.8) is 0 Å². The number of carbonyl (C=O) groups is 2. The number of sulfone groups is 1. The van der Waals surface area contributed by atoms with Crippen LogP contribution in [0.15, 0.2) is 35.2 Å². The normalized spacial score (nSPS) is 19.5. The lowest BCUT2D eigenvalue weighted by Gasteiger charge is -2.26. The summed E-state index contributed by atoms with van der Waals surface area (Å²) >= 11 is 5.91. The van der Waals surface area contributed by atoms with E-state index in [0.717, 1.165) is 12.2 Å². The van der Waals surface area contributed by atoms with Gasteiger partial charge >= 0.3 is 5.97 Å². The van der Waals surface area contributed by atoms with Crippen LogP contribution in [0.2, 0.25) is 5.02 Å². The maximum atomic E-state index is 12.0. The summed E-state index contributed by atoms with van der Waals surface area (Å²) in [7, 11) is -2.16. The van der Waals surface area contributed by atoms with Crippen LogP contribution in [-0.4, -0.2) is 33.2 Å². The molecule has 1 aromatic rings. The molecule has 0 aliphatic carbocycles. The predicted molar refractivity (Wildman–Crippen MR) is 80.2 cm³/mol. The van der Waals surface area contributed by atoms with Crippen molar-refractivity contribution in [1.82, 2.24) is 5.32 Å². The second-order valence-corrected chi connectivity index (χ2v) is 7.22. The number of carbonyl (C=O) groups excluding carboxylic acids is 2. The van der Waals surface area contributed by atoms with E-state index in [1.54, 1.807) is 0 Å². The van der Waals surface area contributed by atoms with E-state index in [-0.39, 0.29) is 17.1 Å². The average Bonchev–Trinajstić information content (AvgIpc) is 2.47. The molecule has 2 rings (SSSR count). The number of benzene rings is 1. The van der Waals surface area contributed by atoms with Gasteiger partial charge in [0.2, 0.25) is 5.91 Å². The van der Waals surface area contributed by atoms with Gasteiger partial charge < -0.3 is 10.1 Å². The molecule has 22 heavy (non-hydrogen) atoms. The molecule has 0 radical (unpaired) electrons. The van der Waals surface area contributed by atoms with Crippen molar-refractivity contribution in [2.45, 2.75) is 17.4 Å². The Labute approximate surface area is 133 Å². The summed E-state index contributed by atoms with van der Waals surface area (Å²) in [4.78, 5) is 22.9. The van der Waals surface area contributed by atoms with E-state index < -0.39 is 27.8 Å². The molecule has 0 fully saturated rings. The summed E-state index contributed by atoms with van der Waals surface area (Å²) in [5.74, 6) is -1.22. The molecule has 1 amide bonds. The minimum Gasteiger partial charge on any atom is -0.466 e. The predicted octanol–water partition coefficient (Wildman–Crippen LogP) is 1.40. The Morgan fingerprint density at radius 3 is 2.77 bits per heavy atom. The first kappa shape index (κ1) is 16.5. The molecule has 0 aromatic heterocycles. The number of rotatable bonds is 3. The molecule has 0 spiro atoms. The Morgan fingerprint density at radius 2 is 2.09 bits per heavy atom. The third kappa shape index (κ3) is 3.66. The Bertz CT molecular complexity index is 742. The lowest BCUT2D eigenvalue weighted by molar-refractivity contribution is -0.135. The molecule has 8 heteroatoms. The fraction of sp³-hybridized carbons (Fsp3) is 0.286. The SMILES string of the molecule is COC(=O)/C=C/C(=O)NC1CCS(=O)(=O)c2ccc(Cl)cc21. The minimum atomic E-state index is -3.36. The third-order valence-corrected chi connectivity index (χ3v) is 5.30. The average molecular weight is 344 g/mol. The first-order valence-corrected chi connectivity index (χ1v) is 8.45. The summed E-state index contributed by atoms with van der Waals surface area (Å²) in [6.07, 6.45) is 2.28. The highest BCUT2D eigenvalue weighted by atomic mass is 35.5. The van der Waals surface area contributed by atoms with E-state index in [1.807, 2.05) is 0 Å². The van der Waals surface area contributed by atoms with Gasteiger partial charge in [-0.2, -0.15) is 0 Å². The van der Waals surface area contributed by atoms with Gasteiger partial charge in [-0.1, -0.05) is 11.6 Å². The molecular formula is C14H14ClNO5S. The van der Waals surface area contributed by atoms with Crippen LogP contribution < -0.4 is 5.32 Å². The van der Waals surface area contributed by atoms with Crippen molar-refractivity contribution >= 4 is 33.3 Å². The number of nitrogens with one attached hydrogen (secondary N) is 1. The smallest absolute Gasteiger partial charge is 0.330 e. The van der Waals surface area contributed by atoms with Gasteiger partial charge in [0.05, 0.1) is 23.8 Å². The number of hydrogen-bond acceptors (Lipinski definition) is 5. The molecule has 1 heterocycles. The van der Waals surface area contributed by atoms with Crippen LogP contribution in [0.1, 0.15) is 18.0 Å². The van der Waals surface area contributed by atoms with Crippen LogP contribution in [0, 0.1) is 0 Å². The molecule has 0 saturated heterocycles. The monoisotopic (exact) mass is 343 g/mol. The Hall–Kier alpha value is -1.86. The molecule has 1 unspecified atom stereocenters. The largest absolute Gasteiger partial charge is 0.466 e. The van der Waals surface area contributed by atoms with E-state index >= 15 is 0 Å². The topological polar surface area (TPSA) is 89.5 Å². The number of esters is 1. The van der Waals surface area contributed by atoms with Gasteiger partial charge in [0.15, 0.2) is 9.84 Å². The highest BCUT2D eigenvalue weighted by Gasteiger charge is 2.31. The first-order chi connectivity index (χ1) is 10.3. The van der Waals surface area contributed by atoms with E-state index in [1.165, 1.54) is 25.3 Å². The van der Waals surface area contributed by atoms with E-state index in [9.17, 15) is 18.0 Å². The van der Waals surface area contributed by atoms with Gasteiger partial charge in [-0.3, -0.25) is 4.79 Å². The fourth-order valence-electron chi connectivity index (χ4n) is 2.19. The van der Waals surface area contributed by atoms with Gasteiger partial charge in [0.1, 0.15) is 0 Å². The van der Waals surface area contributed by atoms with Crippen LogP contribution in [-0.2, 0) is 24.2 Å². The first-order valence-electron chi connectivity index (χ1n) is 6.42. The summed E-state index contributed by atoms with van der Waals surface area (Å²) in [6.45, 7) is 0. The van der Waals surface area contributed by atoms with Crippen molar-refractivity contribution in [3.05, 3.63) is 40.9 Å². The zero-order chi connectivity index (χ0) is 16.3. The number of amides is 1. The van der Waals surface area contributed by atoms with Crippen LogP contribution in [0.3, 0.4) is 0 Å². The number of halogens is 1. The van der Waals surface area contributed by atoms with Crippen molar-refractivity contribution in [2.24, 2.45) is 0 Å². The molecule has 1 atom stereocenters. The van der Waals surface area contributed by atoms with Crippen molar-refractivity contribution in [1.29, 1.82) is 0 Å². The highest BCUT2D eigenvalue weighted by Crippen LogP contribution is 2.33. The summed E-state index contributed by atoms with van der Waals surface area (Å²) in [6, 6.07) is 3.99. The molecule has 1 aliphatic rings. The highest BCUT2D eigenvalue weighted by molar-refractivity contribution is 7.91. The summed E-state index contributed by atoms with van der Waals surface area (Å²) < 4.78 is 28.5. The number of fused-ring (bicyclic) bond motifs is 1. The number of methoxy groups -OCH3 is 1. The molecular weight excluding hydrogens is 330 g/mol. The number of hydrogen-bond donors (Lipinski definition) is 1. The molecule has 1 aliphatic heterocycles. The molecule has 0 saturated carbocycles. The standard InChI is InChI=1S/C14H14ClNO5S/c1-21-14(18)5-4-13(17)16-11-6-7-22(19,20)12-3-2-9(15)8-10(11)12/h2-5,8,11H,6-7H2,1H3,(H,16,17)/b5-4+. The van der Waals surface area contributed by atoms with Crippen LogP contribution >= 0.6 is 11.6 Å². The van der Waals surface area contributed by atoms with Gasteiger partial charge in [-0.05, 0) is 30.2 Å². The molecule has 118 valence electrons. The quantitative estimate of drug-likeness (QED) is 0.662. The molecule has 0 bridgehead atoms. The van der Waals surface area contributed by atoms with Crippen molar-refractivity contribution in [2.75, 3.05) is 12.9 Å². The van der Waals surface area contributed by atoms with Crippen LogP contribution in [0.5, 0.6) is 0 Å².